The number of halogens is 1. The lowest BCUT2D eigenvalue weighted by atomic mass is 10.3. The van der Waals surface area contributed by atoms with Gasteiger partial charge in [-0.3, -0.25) is 10.1 Å². The number of nitro benzene ring substituents is 1. The normalized spacial score (nSPS) is 10.1. The number of aromatic nitrogens is 2. The molecule has 6 nitrogen and oxygen atoms in total. The van der Waals surface area contributed by atoms with Crippen molar-refractivity contribution in [3.05, 3.63) is 46.8 Å². The summed E-state index contributed by atoms with van der Waals surface area (Å²) in [7, 11) is 0. The fourth-order valence-electron chi connectivity index (χ4n) is 1.74. The Morgan fingerprint density at radius 1 is 1.56 bits per heavy atom. The molecule has 0 saturated heterocycles. The summed E-state index contributed by atoms with van der Waals surface area (Å²) in [5.41, 5.74) is 1.25. The van der Waals surface area contributed by atoms with E-state index in [0.29, 0.717) is 17.9 Å². The largest absolute Gasteiger partial charge is 1.00 e. The van der Waals surface area contributed by atoms with Crippen LogP contribution in [0.25, 0.3) is 11.0 Å². The second kappa shape index (κ2) is 5.61. The van der Waals surface area contributed by atoms with Crippen LogP contribution in [0.4, 0.5) is 5.69 Å². The van der Waals surface area contributed by atoms with Crippen molar-refractivity contribution in [2.45, 2.75) is 13.2 Å². The molecule has 0 aliphatic rings. The maximum absolute atomic E-state index is 10.6. The standard InChI is InChI=1S/C11H11N3O3.ClH/c1-2-5-13-10-4-3-8(14(16)17)6-9(10)12-11(13)7-15;/h2-4,6,15H,1,5,7H2;1H/p-1. The first-order valence-electron chi connectivity index (χ1n) is 5.02. The Morgan fingerprint density at radius 3 is 2.83 bits per heavy atom. The molecule has 0 aliphatic heterocycles. The molecule has 0 fully saturated rings. The number of fused-ring (bicyclic) bond motifs is 1. The molecule has 0 saturated carbocycles. The summed E-state index contributed by atoms with van der Waals surface area (Å²) >= 11 is 0. The minimum Gasteiger partial charge on any atom is -1.00 e. The Kier molecular flexibility index (Phi) is 4.41. The maximum atomic E-state index is 10.6. The zero-order valence-corrected chi connectivity index (χ0v) is 10.2. The number of hydrogen-bond acceptors (Lipinski definition) is 4. The molecule has 1 N–H and O–H groups in total. The molecule has 2 rings (SSSR count). The predicted octanol–water partition coefficient (Wildman–Crippen LogP) is -1.37. The molecule has 0 radical (unpaired) electrons. The summed E-state index contributed by atoms with van der Waals surface area (Å²) in [6, 6.07) is 4.45. The van der Waals surface area contributed by atoms with Crippen molar-refractivity contribution in [1.29, 1.82) is 0 Å². The molecule has 0 bridgehead atoms. The Hall–Kier alpha value is -1.92. The number of nitrogens with zero attached hydrogens (tertiary/aromatic N) is 3. The Morgan fingerprint density at radius 2 is 2.28 bits per heavy atom. The zero-order valence-electron chi connectivity index (χ0n) is 9.41. The number of aliphatic hydroxyl groups is 1. The monoisotopic (exact) mass is 268 g/mol. The zero-order chi connectivity index (χ0) is 12.4. The number of hydrogen-bond donors (Lipinski definition) is 1. The summed E-state index contributed by atoms with van der Waals surface area (Å²) in [6.45, 7) is 3.92. The van der Waals surface area contributed by atoms with Crippen LogP contribution in [0.2, 0.25) is 0 Å². The lowest BCUT2D eigenvalue weighted by Gasteiger charge is -2.03. The van der Waals surface area contributed by atoms with Crippen LogP contribution >= 0.6 is 0 Å². The van der Waals surface area contributed by atoms with E-state index in [1.54, 1.807) is 16.7 Å². The molecule has 0 spiro atoms. The van der Waals surface area contributed by atoms with E-state index in [-0.39, 0.29) is 24.7 Å². The molecule has 0 unspecified atom stereocenters. The third-order valence-corrected chi connectivity index (χ3v) is 2.47. The van der Waals surface area contributed by atoms with Gasteiger partial charge >= 0.3 is 0 Å². The van der Waals surface area contributed by atoms with E-state index < -0.39 is 4.92 Å². The van der Waals surface area contributed by atoms with Gasteiger partial charge < -0.3 is 22.1 Å². The predicted molar refractivity (Wildman–Crippen MR) is 62.5 cm³/mol. The van der Waals surface area contributed by atoms with Gasteiger partial charge in [0.05, 0.1) is 16.0 Å². The van der Waals surface area contributed by atoms with E-state index in [4.69, 9.17) is 0 Å². The quantitative estimate of drug-likeness (QED) is 0.421. The molecule has 0 amide bonds. The van der Waals surface area contributed by atoms with Crippen LogP contribution in [-0.2, 0) is 13.2 Å². The van der Waals surface area contributed by atoms with Gasteiger partial charge in [-0.05, 0) is 6.07 Å². The average Bonchev–Trinajstić information content (AvgIpc) is 2.67. The highest BCUT2D eigenvalue weighted by atomic mass is 35.5. The number of non-ortho nitro benzene ring substituents is 1. The first kappa shape index (κ1) is 14.1. The number of benzene rings is 1. The van der Waals surface area contributed by atoms with Gasteiger partial charge in [-0.1, -0.05) is 6.08 Å². The van der Waals surface area contributed by atoms with E-state index in [2.05, 4.69) is 11.6 Å². The molecule has 18 heavy (non-hydrogen) atoms. The van der Waals surface area contributed by atoms with Crippen LogP contribution in [0.5, 0.6) is 0 Å². The van der Waals surface area contributed by atoms with Crippen molar-refractivity contribution in [2.75, 3.05) is 0 Å². The van der Waals surface area contributed by atoms with Crippen LogP contribution in [0.15, 0.2) is 30.9 Å². The SMILES string of the molecule is C=CCn1c(CO)nc2cc([N+](=O)[O-])ccc21.[Cl-]. The lowest BCUT2D eigenvalue weighted by molar-refractivity contribution is -0.384. The van der Waals surface area contributed by atoms with Gasteiger partial charge in [-0.2, -0.15) is 0 Å². The van der Waals surface area contributed by atoms with Gasteiger partial charge in [0.2, 0.25) is 0 Å². The first-order chi connectivity index (χ1) is 8.17. The van der Waals surface area contributed by atoms with Gasteiger partial charge in [0, 0.05) is 18.7 Å². The molecule has 0 atom stereocenters. The highest BCUT2D eigenvalue weighted by Gasteiger charge is 2.13. The van der Waals surface area contributed by atoms with E-state index in [1.165, 1.54) is 12.1 Å². The molecular weight excluding hydrogens is 258 g/mol. The molecule has 1 heterocycles. The summed E-state index contributed by atoms with van der Waals surface area (Å²) in [4.78, 5) is 14.3. The topological polar surface area (TPSA) is 81.2 Å². The molecule has 1 aromatic heterocycles. The Labute approximate surface area is 109 Å². The Bertz CT molecular complexity index is 594. The summed E-state index contributed by atoms with van der Waals surface area (Å²) in [5.74, 6) is 0.473. The lowest BCUT2D eigenvalue weighted by Crippen LogP contribution is -3.00. The van der Waals surface area contributed by atoms with Crippen molar-refractivity contribution in [3.63, 3.8) is 0 Å². The highest BCUT2D eigenvalue weighted by Crippen LogP contribution is 2.22. The van der Waals surface area contributed by atoms with E-state index in [1.807, 2.05) is 0 Å². The van der Waals surface area contributed by atoms with Crippen LogP contribution < -0.4 is 12.4 Å². The molecule has 96 valence electrons. The van der Waals surface area contributed by atoms with Crippen molar-refractivity contribution in [1.82, 2.24) is 9.55 Å². The van der Waals surface area contributed by atoms with Gasteiger partial charge in [0.25, 0.3) is 5.69 Å². The van der Waals surface area contributed by atoms with Crippen LogP contribution in [-0.4, -0.2) is 19.6 Å². The van der Waals surface area contributed by atoms with Gasteiger partial charge in [-0.25, -0.2) is 4.98 Å². The van der Waals surface area contributed by atoms with Gasteiger partial charge in [-0.15, -0.1) is 6.58 Å². The Balaban J connectivity index is 0.00000162. The molecule has 0 aliphatic carbocycles. The van der Waals surface area contributed by atoms with E-state index in [0.717, 1.165) is 5.52 Å². The number of rotatable bonds is 4. The fraction of sp³-hybridized carbons (Fsp3) is 0.182. The molecule has 1 aromatic carbocycles. The van der Waals surface area contributed by atoms with Crippen molar-refractivity contribution >= 4 is 16.7 Å². The van der Waals surface area contributed by atoms with E-state index >= 15 is 0 Å². The number of aliphatic hydroxyl groups excluding tert-OH is 1. The molecule has 2 aromatic rings. The van der Waals surface area contributed by atoms with Crippen LogP contribution in [0.1, 0.15) is 5.82 Å². The summed E-state index contributed by atoms with van der Waals surface area (Å²) in [6.07, 6.45) is 1.68. The summed E-state index contributed by atoms with van der Waals surface area (Å²) in [5, 5.41) is 19.8. The van der Waals surface area contributed by atoms with Crippen molar-refractivity contribution in [3.8, 4) is 0 Å². The minimum absolute atomic E-state index is 0. The first-order valence-corrected chi connectivity index (χ1v) is 5.02. The third kappa shape index (κ3) is 2.34. The fourth-order valence-corrected chi connectivity index (χ4v) is 1.74. The molecule has 7 heteroatoms. The van der Waals surface area contributed by atoms with Gasteiger partial charge in [0.1, 0.15) is 12.4 Å². The molecular formula is C11H11ClN3O3-. The van der Waals surface area contributed by atoms with Crippen LogP contribution in [0.3, 0.4) is 0 Å². The van der Waals surface area contributed by atoms with E-state index in [9.17, 15) is 15.2 Å². The van der Waals surface area contributed by atoms with Crippen molar-refractivity contribution in [2.24, 2.45) is 0 Å². The number of allylic oxidation sites excluding steroid dienone is 1. The average molecular weight is 269 g/mol. The van der Waals surface area contributed by atoms with Crippen molar-refractivity contribution < 1.29 is 22.4 Å². The number of nitro groups is 1. The maximum Gasteiger partial charge on any atom is 0.271 e. The second-order valence-corrected chi connectivity index (χ2v) is 3.52. The van der Waals surface area contributed by atoms with Crippen LogP contribution in [0, 0.1) is 10.1 Å². The third-order valence-electron chi connectivity index (χ3n) is 2.47. The second-order valence-electron chi connectivity index (χ2n) is 3.52. The highest BCUT2D eigenvalue weighted by molar-refractivity contribution is 5.78. The summed E-state index contributed by atoms with van der Waals surface area (Å²) < 4.78 is 1.77. The van der Waals surface area contributed by atoms with Gasteiger partial charge in [0.15, 0.2) is 0 Å². The smallest absolute Gasteiger partial charge is 0.271 e. The number of imidazole rings is 1. The minimum atomic E-state index is -0.468.